The maximum atomic E-state index is 11.7. The number of H-pyrrole nitrogens is 1. The van der Waals surface area contributed by atoms with Crippen LogP contribution < -0.4 is 11.5 Å². The molecule has 5 heteroatoms. The number of Topliss-reactive ketones (excluding diaryl/α,β-unsaturated/α-hetero) is 1. The Morgan fingerprint density at radius 1 is 1.56 bits per heavy atom. The number of hydrogen-bond donors (Lipinski definition) is 2. The molecule has 0 fully saturated rings. The van der Waals surface area contributed by atoms with Crippen molar-refractivity contribution in [2.24, 2.45) is 5.73 Å². The molecule has 0 aliphatic heterocycles. The van der Waals surface area contributed by atoms with Gasteiger partial charge in [-0.25, -0.2) is 4.79 Å². The molecule has 0 aliphatic carbocycles. The van der Waals surface area contributed by atoms with E-state index >= 15 is 0 Å². The highest BCUT2D eigenvalue weighted by molar-refractivity contribution is 5.98. The minimum atomic E-state index is -0.521. The molecule has 1 aromatic heterocycles. The van der Waals surface area contributed by atoms with Crippen LogP contribution >= 0.6 is 0 Å². The maximum Gasteiger partial charge on any atom is 0.417 e. The summed E-state index contributed by atoms with van der Waals surface area (Å²) in [6, 6.07) is 4.67. The van der Waals surface area contributed by atoms with Gasteiger partial charge in [0.2, 0.25) is 0 Å². The first-order valence-electron chi connectivity index (χ1n) is 4.98. The lowest BCUT2D eigenvalue weighted by Gasteiger charge is -2.03. The van der Waals surface area contributed by atoms with Gasteiger partial charge in [0.05, 0.1) is 5.52 Å². The Morgan fingerprint density at radius 3 is 3.00 bits per heavy atom. The van der Waals surface area contributed by atoms with Crippen molar-refractivity contribution in [2.75, 3.05) is 0 Å². The number of aromatic amines is 1. The van der Waals surface area contributed by atoms with E-state index in [2.05, 4.69) is 4.98 Å². The molecule has 3 N–H and O–H groups in total. The Labute approximate surface area is 91.2 Å². The highest BCUT2D eigenvalue weighted by Crippen LogP contribution is 2.14. The topological polar surface area (TPSA) is 89.1 Å². The summed E-state index contributed by atoms with van der Waals surface area (Å²) in [7, 11) is 0. The number of nitrogens with two attached hydrogens (primary N) is 1. The van der Waals surface area contributed by atoms with Crippen LogP contribution in [0.25, 0.3) is 11.1 Å². The average molecular weight is 220 g/mol. The van der Waals surface area contributed by atoms with Gasteiger partial charge in [0, 0.05) is 18.0 Å². The Bertz CT molecular complexity index is 580. The summed E-state index contributed by atoms with van der Waals surface area (Å²) in [5, 5.41) is 0. The number of aromatic nitrogens is 1. The molecule has 0 bridgehead atoms. The normalized spacial score (nSPS) is 12.9. The van der Waals surface area contributed by atoms with Crippen molar-refractivity contribution in [1.82, 2.24) is 4.98 Å². The molecule has 0 spiro atoms. The van der Waals surface area contributed by atoms with Crippen molar-refractivity contribution in [1.29, 1.82) is 0 Å². The molecule has 0 saturated heterocycles. The number of carbonyl (C=O) groups is 1. The molecule has 1 atom stereocenters. The van der Waals surface area contributed by atoms with E-state index in [1.807, 2.05) is 0 Å². The van der Waals surface area contributed by atoms with Gasteiger partial charge in [0.15, 0.2) is 11.4 Å². The highest BCUT2D eigenvalue weighted by Gasteiger charge is 2.10. The van der Waals surface area contributed by atoms with Gasteiger partial charge in [-0.2, -0.15) is 0 Å². The van der Waals surface area contributed by atoms with Crippen molar-refractivity contribution in [2.45, 2.75) is 19.4 Å². The summed E-state index contributed by atoms with van der Waals surface area (Å²) < 4.78 is 4.87. The lowest BCUT2D eigenvalue weighted by Crippen LogP contribution is -2.19. The van der Waals surface area contributed by atoms with Crippen molar-refractivity contribution >= 4 is 16.9 Å². The summed E-state index contributed by atoms with van der Waals surface area (Å²) in [6.07, 6.45) is 0.278. The number of rotatable bonds is 3. The summed E-state index contributed by atoms with van der Waals surface area (Å²) in [4.78, 5) is 25.1. The van der Waals surface area contributed by atoms with Gasteiger partial charge in [-0.1, -0.05) is 0 Å². The van der Waals surface area contributed by atoms with Gasteiger partial charge < -0.3 is 10.2 Å². The Balaban J connectivity index is 2.38. The molecular formula is C11H12N2O3. The van der Waals surface area contributed by atoms with Gasteiger partial charge in [-0.15, -0.1) is 0 Å². The average Bonchev–Trinajstić information content (AvgIpc) is 2.55. The number of fused-ring (bicyclic) bond motifs is 1. The highest BCUT2D eigenvalue weighted by atomic mass is 16.4. The second-order valence-electron chi connectivity index (χ2n) is 3.83. The third kappa shape index (κ3) is 2.04. The molecule has 1 unspecified atom stereocenters. The number of hydrogen-bond acceptors (Lipinski definition) is 4. The second-order valence-corrected chi connectivity index (χ2v) is 3.83. The predicted octanol–water partition coefficient (Wildman–Crippen LogP) is 1.04. The molecule has 1 heterocycles. The Hall–Kier alpha value is -1.88. The lowest BCUT2D eigenvalue weighted by atomic mass is 10.0. The van der Waals surface area contributed by atoms with Gasteiger partial charge in [-0.05, 0) is 25.1 Å². The minimum Gasteiger partial charge on any atom is -0.408 e. The third-order valence-corrected chi connectivity index (χ3v) is 2.25. The van der Waals surface area contributed by atoms with Gasteiger partial charge in [0.1, 0.15) is 0 Å². The molecule has 0 radical (unpaired) electrons. The molecule has 2 rings (SSSR count). The van der Waals surface area contributed by atoms with Crippen molar-refractivity contribution < 1.29 is 9.21 Å². The molecular weight excluding hydrogens is 208 g/mol. The van der Waals surface area contributed by atoms with Crippen LogP contribution in [0.1, 0.15) is 23.7 Å². The summed E-state index contributed by atoms with van der Waals surface area (Å²) in [5.74, 6) is -0.576. The first kappa shape index (κ1) is 10.6. The van der Waals surface area contributed by atoms with Crippen LogP contribution in [-0.2, 0) is 0 Å². The van der Waals surface area contributed by atoms with Crippen LogP contribution in [0.3, 0.4) is 0 Å². The van der Waals surface area contributed by atoms with Crippen LogP contribution in [0.5, 0.6) is 0 Å². The van der Waals surface area contributed by atoms with Crippen LogP contribution in [0.2, 0.25) is 0 Å². The number of ketones is 1. The van der Waals surface area contributed by atoms with Crippen LogP contribution in [0.4, 0.5) is 0 Å². The standard InChI is InChI=1S/C11H12N2O3/c1-6(12)4-9(14)7-2-3-8-10(5-7)16-11(15)13-8/h2-3,5-6H,4,12H2,1H3,(H,13,15). The first-order valence-corrected chi connectivity index (χ1v) is 4.98. The second kappa shape index (κ2) is 3.94. The van der Waals surface area contributed by atoms with Gasteiger partial charge >= 0.3 is 5.76 Å². The van der Waals surface area contributed by atoms with Crippen LogP contribution in [0.15, 0.2) is 27.4 Å². The SMILES string of the molecule is CC(N)CC(=O)c1ccc2[nH]c(=O)oc2c1. The summed E-state index contributed by atoms with van der Waals surface area (Å²) in [6.45, 7) is 1.77. The van der Waals surface area contributed by atoms with E-state index in [4.69, 9.17) is 10.2 Å². The zero-order valence-corrected chi connectivity index (χ0v) is 8.82. The molecule has 0 aliphatic rings. The van der Waals surface area contributed by atoms with E-state index < -0.39 is 5.76 Å². The van der Waals surface area contributed by atoms with E-state index in [-0.39, 0.29) is 18.2 Å². The quantitative estimate of drug-likeness (QED) is 0.756. The van der Waals surface area contributed by atoms with Crippen LogP contribution in [0, 0.1) is 0 Å². The number of oxazole rings is 1. The van der Waals surface area contributed by atoms with E-state index in [0.717, 1.165) is 0 Å². The maximum absolute atomic E-state index is 11.7. The van der Waals surface area contributed by atoms with Gasteiger partial charge in [-0.3, -0.25) is 9.78 Å². The molecule has 0 saturated carbocycles. The van der Waals surface area contributed by atoms with E-state index in [9.17, 15) is 9.59 Å². The lowest BCUT2D eigenvalue weighted by molar-refractivity contribution is 0.0976. The third-order valence-electron chi connectivity index (χ3n) is 2.25. The zero-order chi connectivity index (χ0) is 11.7. The fourth-order valence-corrected chi connectivity index (χ4v) is 1.53. The first-order chi connectivity index (χ1) is 7.56. The monoisotopic (exact) mass is 220 g/mol. The van der Waals surface area contributed by atoms with Crippen molar-refractivity contribution in [3.63, 3.8) is 0 Å². The predicted molar refractivity (Wildman–Crippen MR) is 59.4 cm³/mol. The van der Waals surface area contributed by atoms with E-state index in [0.29, 0.717) is 16.7 Å². The van der Waals surface area contributed by atoms with Gasteiger partial charge in [0.25, 0.3) is 0 Å². The minimum absolute atomic E-state index is 0.0549. The van der Waals surface area contributed by atoms with Crippen molar-refractivity contribution in [3.05, 3.63) is 34.3 Å². The molecule has 0 amide bonds. The fraction of sp³-hybridized carbons (Fsp3) is 0.273. The Morgan fingerprint density at radius 2 is 2.31 bits per heavy atom. The smallest absolute Gasteiger partial charge is 0.408 e. The number of benzene rings is 1. The van der Waals surface area contributed by atoms with Crippen molar-refractivity contribution in [3.8, 4) is 0 Å². The van der Waals surface area contributed by atoms with Crippen LogP contribution in [-0.4, -0.2) is 16.8 Å². The summed E-state index contributed by atoms with van der Waals surface area (Å²) >= 11 is 0. The molecule has 5 nitrogen and oxygen atoms in total. The largest absolute Gasteiger partial charge is 0.417 e. The fourth-order valence-electron chi connectivity index (χ4n) is 1.53. The summed E-state index contributed by atoms with van der Waals surface area (Å²) in [5.41, 5.74) is 7.03. The molecule has 16 heavy (non-hydrogen) atoms. The molecule has 1 aromatic carbocycles. The van der Waals surface area contributed by atoms with E-state index in [1.54, 1.807) is 25.1 Å². The molecule has 2 aromatic rings. The Kier molecular flexibility index (Phi) is 2.62. The number of nitrogens with one attached hydrogen (secondary N) is 1. The van der Waals surface area contributed by atoms with E-state index in [1.165, 1.54) is 0 Å². The molecule has 84 valence electrons. The number of carbonyl (C=O) groups excluding carboxylic acids is 1. The zero-order valence-electron chi connectivity index (χ0n) is 8.82.